The molecule has 0 bridgehead atoms. The van der Waals surface area contributed by atoms with Gasteiger partial charge in [0.05, 0.1) is 12.0 Å². The highest BCUT2D eigenvalue weighted by Crippen LogP contribution is 2.44. The maximum Gasteiger partial charge on any atom is 0.407 e. The van der Waals surface area contributed by atoms with Gasteiger partial charge in [0.15, 0.2) is 0 Å². The van der Waals surface area contributed by atoms with Crippen LogP contribution in [0.25, 0.3) is 32.7 Å². The van der Waals surface area contributed by atoms with Crippen molar-refractivity contribution in [1.82, 2.24) is 5.32 Å². The van der Waals surface area contributed by atoms with Gasteiger partial charge in [-0.25, -0.2) is 4.79 Å². The van der Waals surface area contributed by atoms with Gasteiger partial charge in [-0.1, -0.05) is 97.1 Å². The molecule has 1 N–H and O–H groups in total. The minimum atomic E-state index is -1.36. The minimum Gasteiger partial charge on any atom is -0.548 e. The van der Waals surface area contributed by atoms with Crippen LogP contribution in [0.2, 0.25) is 0 Å². The van der Waals surface area contributed by atoms with Crippen LogP contribution in [0.3, 0.4) is 0 Å². The van der Waals surface area contributed by atoms with E-state index in [9.17, 15) is 14.7 Å². The summed E-state index contributed by atoms with van der Waals surface area (Å²) in [5.74, 6) is -1.47. The summed E-state index contributed by atoms with van der Waals surface area (Å²) in [5.41, 5.74) is 5.29. The number of carbonyl (C=O) groups excluding carboxylic acids is 2. The molecule has 0 spiro atoms. The average molecular weight is 487 g/mol. The van der Waals surface area contributed by atoms with Crippen molar-refractivity contribution in [3.8, 4) is 11.1 Å². The molecule has 0 saturated heterocycles. The lowest BCUT2D eigenvalue weighted by atomic mass is 9.92. The minimum absolute atomic E-state index is 0.0778. The van der Waals surface area contributed by atoms with Gasteiger partial charge in [0.2, 0.25) is 0 Å². The van der Waals surface area contributed by atoms with Gasteiger partial charge in [0.25, 0.3) is 0 Å². The van der Waals surface area contributed by atoms with E-state index in [4.69, 9.17) is 4.74 Å². The van der Waals surface area contributed by atoms with E-state index in [0.29, 0.717) is 0 Å². The van der Waals surface area contributed by atoms with E-state index in [-0.39, 0.29) is 18.9 Å². The topological polar surface area (TPSA) is 78.5 Å². The third-order valence-electron chi connectivity index (χ3n) is 7.21. The van der Waals surface area contributed by atoms with Gasteiger partial charge in [-0.3, -0.25) is 0 Å². The maximum atomic E-state index is 12.8. The molecule has 5 nitrogen and oxygen atoms in total. The molecule has 1 aliphatic carbocycles. The Morgan fingerprint density at radius 2 is 1.27 bits per heavy atom. The summed E-state index contributed by atoms with van der Waals surface area (Å²) in [6.07, 6.45) is -0.699. The quantitative estimate of drug-likeness (QED) is 0.335. The molecule has 6 rings (SSSR count). The summed E-state index contributed by atoms with van der Waals surface area (Å²) in [6, 6.07) is 32.7. The van der Waals surface area contributed by atoms with Crippen molar-refractivity contribution in [3.05, 3.63) is 120 Å². The summed E-state index contributed by atoms with van der Waals surface area (Å²) in [6.45, 7) is 0.108. The second-order valence-electron chi connectivity index (χ2n) is 9.34. The molecule has 5 heteroatoms. The summed E-state index contributed by atoms with van der Waals surface area (Å²) in [7, 11) is 0. The molecule has 1 aliphatic rings. The Kier molecular flexibility index (Phi) is 5.81. The average Bonchev–Trinajstić information content (AvgIpc) is 3.25. The standard InChI is InChI=1S/C32H25NO4/c34-31(35)30(18-28-22-11-3-1-9-20(22)17-21-10-2-4-12-23(21)28)33-32(36)37-19-29-26-15-7-5-13-24(26)25-14-6-8-16-27(25)29/h1-17,29-30H,18-19H2,(H,33,36)(H,34,35)/p-1/t30-/m1/s1. The molecular formula is C32H24NO4-. The molecule has 0 unspecified atom stereocenters. The van der Waals surface area contributed by atoms with E-state index in [2.05, 4.69) is 23.5 Å². The predicted octanol–water partition coefficient (Wildman–Crippen LogP) is 5.19. The largest absolute Gasteiger partial charge is 0.548 e. The molecular weight excluding hydrogens is 462 g/mol. The van der Waals surface area contributed by atoms with Crippen molar-refractivity contribution in [1.29, 1.82) is 0 Å². The smallest absolute Gasteiger partial charge is 0.407 e. The number of carboxylic acids is 1. The Balaban J connectivity index is 1.23. The van der Waals surface area contributed by atoms with Gasteiger partial charge in [0, 0.05) is 5.92 Å². The predicted molar refractivity (Wildman–Crippen MR) is 142 cm³/mol. The molecule has 1 atom stereocenters. The highest BCUT2D eigenvalue weighted by molar-refractivity contribution is 6.02. The van der Waals surface area contributed by atoms with Crippen LogP contribution < -0.4 is 10.4 Å². The zero-order chi connectivity index (χ0) is 25.4. The number of hydrogen-bond acceptors (Lipinski definition) is 4. The van der Waals surface area contributed by atoms with Crippen molar-refractivity contribution in [2.24, 2.45) is 0 Å². The fourth-order valence-electron chi connectivity index (χ4n) is 5.51. The van der Waals surface area contributed by atoms with Crippen LogP contribution in [0.5, 0.6) is 0 Å². The highest BCUT2D eigenvalue weighted by atomic mass is 16.5. The molecule has 182 valence electrons. The summed E-state index contributed by atoms with van der Waals surface area (Å²) >= 11 is 0. The number of alkyl carbamates (subject to hydrolysis) is 1. The second kappa shape index (κ2) is 9.43. The molecule has 37 heavy (non-hydrogen) atoms. The monoisotopic (exact) mass is 486 g/mol. The Morgan fingerprint density at radius 3 is 1.84 bits per heavy atom. The Morgan fingerprint density at radius 1 is 0.757 bits per heavy atom. The molecule has 0 aliphatic heterocycles. The van der Waals surface area contributed by atoms with E-state index in [0.717, 1.165) is 49.4 Å². The van der Waals surface area contributed by atoms with Gasteiger partial charge in [-0.15, -0.1) is 0 Å². The van der Waals surface area contributed by atoms with Crippen molar-refractivity contribution < 1.29 is 19.4 Å². The number of nitrogens with one attached hydrogen (secondary N) is 1. The number of benzene rings is 5. The van der Waals surface area contributed by atoms with Gasteiger partial charge in [0.1, 0.15) is 6.61 Å². The second-order valence-corrected chi connectivity index (χ2v) is 9.34. The van der Waals surface area contributed by atoms with Crippen LogP contribution in [0, 0.1) is 0 Å². The van der Waals surface area contributed by atoms with Gasteiger partial charge in [-0.2, -0.15) is 0 Å². The van der Waals surface area contributed by atoms with Crippen molar-refractivity contribution in [2.45, 2.75) is 18.4 Å². The summed E-state index contributed by atoms with van der Waals surface area (Å²) in [4.78, 5) is 24.9. The number of rotatable bonds is 6. The SMILES string of the molecule is O=C(N[C@H](Cc1c2ccccc2cc2ccccc12)C(=O)[O-])OCC1c2ccccc2-c2ccccc21. The van der Waals surface area contributed by atoms with Crippen LogP contribution in [0.1, 0.15) is 22.6 Å². The van der Waals surface area contributed by atoms with Crippen LogP contribution in [-0.4, -0.2) is 24.7 Å². The van der Waals surface area contributed by atoms with Crippen molar-refractivity contribution in [2.75, 3.05) is 6.61 Å². The zero-order valence-corrected chi connectivity index (χ0v) is 20.0. The number of aliphatic carboxylic acids is 1. The lowest BCUT2D eigenvalue weighted by molar-refractivity contribution is -0.308. The third kappa shape index (κ3) is 4.19. The molecule has 0 fully saturated rings. The molecule has 0 heterocycles. The highest BCUT2D eigenvalue weighted by Gasteiger charge is 2.29. The first-order chi connectivity index (χ1) is 18.1. The number of ether oxygens (including phenoxy) is 1. The fraction of sp³-hybridized carbons (Fsp3) is 0.125. The van der Waals surface area contributed by atoms with E-state index in [1.54, 1.807) is 0 Å². The van der Waals surface area contributed by atoms with Crippen LogP contribution in [0.15, 0.2) is 103 Å². The summed E-state index contributed by atoms with van der Waals surface area (Å²) < 4.78 is 5.59. The van der Waals surface area contributed by atoms with Gasteiger partial charge < -0.3 is 20.0 Å². The van der Waals surface area contributed by atoms with Gasteiger partial charge >= 0.3 is 6.09 Å². The number of carboxylic acid groups (broad SMARTS) is 1. The van der Waals surface area contributed by atoms with E-state index in [1.807, 2.05) is 84.9 Å². The molecule has 0 aromatic heterocycles. The lowest BCUT2D eigenvalue weighted by Crippen LogP contribution is -2.49. The lowest BCUT2D eigenvalue weighted by Gasteiger charge is -2.22. The first-order valence-corrected chi connectivity index (χ1v) is 12.3. The van der Waals surface area contributed by atoms with Crippen LogP contribution in [-0.2, 0) is 16.0 Å². The normalized spacial score (nSPS) is 13.2. The zero-order valence-electron chi connectivity index (χ0n) is 20.0. The first-order valence-electron chi connectivity index (χ1n) is 12.3. The molecule has 0 radical (unpaired) electrons. The number of carbonyl (C=O) groups is 2. The maximum absolute atomic E-state index is 12.8. The van der Waals surface area contributed by atoms with E-state index < -0.39 is 18.1 Å². The molecule has 1 amide bonds. The molecule has 5 aromatic rings. The Bertz CT molecular complexity index is 1560. The van der Waals surface area contributed by atoms with Crippen LogP contribution >= 0.6 is 0 Å². The van der Waals surface area contributed by atoms with E-state index in [1.165, 1.54) is 0 Å². The van der Waals surface area contributed by atoms with Crippen molar-refractivity contribution >= 4 is 33.6 Å². The van der Waals surface area contributed by atoms with Crippen molar-refractivity contribution in [3.63, 3.8) is 0 Å². The molecule has 5 aromatic carbocycles. The Hall–Kier alpha value is -4.64. The first kappa shape index (κ1) is 22.8. The Labute approximate surface area is 214 Å². The fourth-order valence-corrected chi connectivity index (χ4v) is 5.51. The molecule has 0 saturated carbocycles. The number of fused-ring (bicyclic) bond motifs is 5. The summed E-state index contributed by atoms with van der Waals surface area (Å²) in [5, 5.41) is 18.6. The number of hydrogen-bond donors (Lipinski definition) is 1. The van der Waals surface area contributed by atoms with Crippen LogP contribution in [0.4, 0.5) is 4.79 Å². The third-order valence-corrected chi connectivity index (χ3v) is 7.21. The number of amides is 1. The van der Waals surface area contributed by atoms with Gasteiger partial charge in [-0.05, 0) is 61.8 Å². The van der Waals surface area contributed by atoms with E-state index >= 15 is 0 Å².